The molecule has 0 radical (unpaired) electrons. The molecule has 0 saturated carbocycles. The van der Waals surface area contributed by atoms with Crippen LogP contribution in [0.15, 0.2) is 36.5 Å². The number of aryl methyl sites for hydroxylation is 1. The summed E-state index contributed by atoms with van der Waals surface area (Å²) in [5.41, 5.74) is 9.50. The average molecular weight is 269 g/mol. The quantitative estimate of drug-likeness (QED) is 0.762. The third-order valence-electron chi connectivity index (χ3n) is 3.22. The van der Waals surface area contributed by atoms with Crippen molar-refractivity contribution >= 4 is 5.82 Å². The van der Waals surface area contributed by atoms with E-state index in [0.717, 1.165) is 28.3 Å². The molecule has 20 heavy (non-hydrogen) atoms. The van der Waals surface area contributed by atoms with Gasteiger partial charge in [-0.15, -0.1) is 0 Å². The van der Waals surface area contributed by atoms with E-state index >= 15 is 0 Å². The van der Waals surface area contributed by atoms with Crippen molar-refractivity contribution in [3.05, 3.63) is 36.5 Å². The highest BCUT2D eigenvalue weighted by Gasteiger charge is 2.20. The fourth-order valence-corrected chi connectivity index (χ4v) is 2.23. The highest BCUT2D eigenvalue weighted by Crippen LogP contribution is 2.39. The summed E-state index contributed by atoms with van der Waals surface area (Å²) < 4.78 is 7.07. The van der Waals surface area contributed by atoms with Crippen molar-refractivity contribution in [1.29, 1.82) is 0 Å². The number of nitrogens with zero attached hydrogens (tertiary/aromatic N) is 3. The van der Waals surface area contributed by atoms with Gasteiger partial charge >= 0.3 is 0 Å². The number of anilines is 1. The number of H-pyrrole nitrogens is 1. The first-order valence-corrected chi connectivity index (χ1v) is 6.18. The molecule has 6 heteroatoms. The van der Waals surface area contributed by atoms with Crippen molar-refractivity contribution in [1.82, 2.24) is 20.0 Å². The van der Waals surface area contributed by atoms with Gasteiger partial charge in [-0.05, 0) is 12.1 Å². The lowest BCUT2D eigenvalue weighted by Gasteiger charge is -2.08. The molecular weight excluding hydrogens is 254 g/mol. The zero-order chi connectivity index (χ0) is 14.1. The van der Waals surface area contributed by atoms with Gasteiger partial charge in [-0.2, -0.15) is 10.2 Å². The van der Waals surface area contributed by atoms with Crippen LogP contribution in [0.25, 0.3) is 22.5 Å². The maximum atomic E-state index is 6.18. The molecule has 0 aliphatic rings. The minimum atomic E-state index is 0.583. The number of hydrogen-bond acceptors (Lipinski definition) is 4. The standard InChI is InChI=1S/C14H15N5O/c1-19-14(15)12(9-5-3-4-6-11(9)20-2)13(18-19)10-7-8-16-17-10/h3-8H,15H2,1-2H3,(H,16,17). The number of para-hydroxylation sites is 1. The maximum Gasteiger partial charge on any atom is 0.130 e. The Morgan fingerprint density at radius 2 is 2.05 bits per heavy atom. The third kappa shape index (κ3) is 1.82. The largest absolute Gasteiger partial charge is 0.496 e. The summed E-state index contributed by atoms with van der Waals surface area (Å²) in [4.78, 5) is 0. The molecule has 0 bridgehead atoms. The number of aromatic nitrogens is 4. The Kier molecular flexibility index (Phi) is 2.90. The van der Waals surface area contributed by atoms with Crippen molar-refractivity contribution in [2.45, 2.75) is 0 Å². The topological polar surface area (TPSA) is 81.8 Å². The Labute approximate surface area is 116 Å². The maximum absolute atomic E-state index is 6.18. The second-order valence-electron chi connectivity index (χ2n) is 4.40. The summed E-state index contributed by atoms with van der Waals surface area (Å²) in [6.45, 7) is 0. The van der Waals surface area contributed by atoms with Gasteiger partial charge in [-0.25, -0.2) is 0 Å². The van der Waals surface area contributed by atoms with Gasteiger partial charge < -0.3 is 10.5 Å². The fraction of sp³-hybridized carbons (Fsp3) is 0.143. The summed E-state index contributed by atoms with van der Waals surface area (Å²) in [7, 11) is 3.45. The highest BCUT2D eigenvalue weighted by molar-refractivity contribution is 5.89. The van der Waals surface area contributed by atoms with Crippen molar-refractivity contribution in [3.8, 4) is 28.3 Å². The van der Waals surface area contributed by atoms with E-state index in [2.05, 4.69) is 15.3 Å². The molecule has 2 heterocycles. The highest BCUT2D eigenvalue weighted by atomic mass is 16.5. The first-order chi connectivity index (χ1) is 9.72. The van der Waals surface area contributed by atoms with Gasteiger partial charge in [0.05, 0.1) is 18.4 Å². The Morgan fingerprint density at radius 1 is 1.25 bits per heavy atom. The predicted molar refractivity (Wildman–Crippen MR) is 77.2 cm³/mol. The van der Waals surface area contributed by atoms with E-state index in [9.17, 15) is 0 Å². The van der Waals surface area contributed by atoms with E-state index in [1.807, 2.05) is 37.4 Å². The van der Waals surface area contributed by atoms with Crippen LogP contribution >= 0.6 is 0 Å². The van der Waals surface area contributed by atoms with Crippen LogP contribution in [0.4, 0.5) is 5.82 Å². The number of nitrogens with one attached hydrogen (secondary N) is 1. The lowest BCUT2D eigenvalue weighted by Crippen LogP contribution is -1.98. The third-order valence-corrected chi connectivity index (χ3v) is 3.22. The molecule has 3 rings (SSSR count). The summed E-state index contributed by atoms with van der Waals surface area (Å²) in [5, 5.41) is 11.4. The first kappa shape index (κ1) is 12.3. The van der Waals surface area contributed by atoms with Gasteiger partial charge in [-0.1, -0.05) is 18.2 Å². The number of hydrogen-bond donors (Lipinski definition) is 2. The molecule has 1 aromatic carbocycles. The summed E-state index contributed by atoms with van der Waals surface area (Å²) >= 11 is 0. The molecular formula is C14H15N5O. The number of benzene rings is 1. The van der Waals surface area contributed by atoms with E-state index < -0.39 is 0 Å². The molecule has 6 nitrogen and oxygen atoms in total. The Hall–Kier alpha value is -2.76. The summed E-state index contributed by atoms with van der Waals surface area (Å²) in [6, 6.07) is 9.59. The Balaban J connectivity index is 2.28. The number of methoxy groups -OCH3 is 1. The molecule has 3 N–H and O–H groups in total. The SMILES string of the molecule is COc1ccccc1-c1c(-c2ccn[nH]2)nn(C)c1N. The lowest BCUT2D eigenvalue weighted by molar-refractivity contribution is 0.416. The molecule has 0 fully saturated rings. The zero-order valence-electron chi connectivity index (χ0n) is 11.3. The minimum Gasteiger partial charge on any atom is -0.496 e. The van der Waals surface area contributed by atoms with Crippen LogP contribution in [0.2, 0.25) is 0 Å². The molecule has 0 unspecified atom stereocenters. The van der Waals surface area contributed by atoms with Crippen LogP contribution in [0.3, 0.4) is 0 Å². The normalized spacial score (nSPS) is 10.7. The number of rotatable bonds is 3. The average Bonchev–Trinajstić information content (AvgIpc) is 3.08. The number of nitrogen functional groups attached to an aromatic ring is 1. The van der Waals surface area contributed by atoms with Crippen LogP contribution in [-0.2, 0) is 7.05 Å². The van der Waals surface area contributed by atoms with E-state index in [1.54, 1.807) is 18.0 Å². The Morgan fingerprint density at radius 3 is 2.75 bits per heavy atom. The van der Waals surface area contributed by atoms with E-state index in [1.165, 1.54) is 0 Å². The van der Waals surface area contributed by atoms with Gasteiger partial charge in [-0.3, -0.25) is 9.78 Å². The molecule has 3 aromatic rings. The van der Waals surface area contributed by atoms with E-state index in [4.69, 9.17) is 10.5 Å². The first-order valence-electron chi connectivity index (χ1n) is 6.18. The minimum absolute atomic E-state index is 0.583. The van der Waals surface area contributed by atoms with Crippen LogP contribution < -0.4 is 10.5 Å². The van der Waals surface area contributed by atoms with Crippen molar-refractivity contribution < 1.29 is 4.74 Å². The molecule has 102 valence electrons. The van der Waals surface area contributed by atoms with Crippen molar-refractivity contribution in [2.24, 2.45) is 7.05 Å². The van der Waals surface area contributed by atoms with E-state index in [0.29, 0.717) is 5.82 Å². The lowest BCUT2D eigenvalue weighted by atomic mass is 10.0. The monoisotopic (exact) mass is 269 g/mol. The Bertz CT molecular complexity index is 730. The van der Waals surface area contributed by atoms with Crippen LogP contribution in [0.5, 0.6) is 5.75 Å². The van der Waals surface area contributed by atoms with Crippen LogP contribution in [0, 0.1) is 0 Å². The molecule has 0 aliphatic heterocycles. The molecule has 0 aliphatic carbocycles. The predicted octanol–water partition coefficient (Wildman–Crippen LogP) is 2.07. The fourth-order valence-electron chi connectivity index (χ4n) is 2.23. The zero-order valence-corrected chi connectivity index (χ0v) is 11.3. The van der Waals surface area contributed by atoms with Crippen molar-refractivity contribution in [3.63, 3.8) is 0 Å². The second kappa shape index (κ2) is 4.73. The van der Waals surface area contributed by atoms with Gasteiger partial charge in [0.1, 0.15) is 17.3 Å². The molecule has 0 saturated heterocycles. The van der Waals surface area contributed by atoms with Gasteiger partial charge in [0, 0.05) is 18.8 Å². The molecule has 0 amide bonds. The number of nitrogens with two attached hydrogens (primary N) is 1. The van der Waals surface area contributed by atoms with Gasteiger partial charge in [0.25, 0.3) is 0 Å². The molecule has 0 spiro atoms. The molecule has 2 aromatic heterocycles. The summed E-state index contributed by atoms with van der Waals surface area (Å²) in [6.07, 6.45) is 1.69. The van der Waals surface area contributed by atoms with Crippen LogP contribution in [-0.4, -0.2) is 27.1 Å². The number of ether oxygens (including phenoxy) is 1. The van der Waals surface area contributed by atoms with Crippen LogP contribution in [0.1, 0.15) is 0 Å². The number of aromatic amines is 1. The smallest absolute Gasteiger partial charge is 0.130 e. The van der Waals surface area contributed by atoms with Gasteiger partial charge in [0.2, 0.25) is 0 Å². The van der Waals surface area contributed by atoms with Crippen molar-refractivity contribution in [2.75, 3.05) is 12.8 Å². The van der Waals surface area contributed by atoms with E-state index in [-0.39, 0.29) is 0 Å². The van der Waals surface area contributed by atoms with Gasteiger partial charge in [0.15, 0.2) is 0 Å². The second-order valence-corrected chi connectivity index (χ2v) is 4.40. The summed E-state index contributed by atoms with van der Waals surface area (Å²) in [5.74, 6) is 1.34. The molecule has 0 atom stereocenters.